The number of carbonyl (C=O) groups is 1. The van der Waals surface area contributed by atoms with Gasteiger partial charge < -0.3 is 19.3 Å². The van der Waals surface area contributed by atoms with Gasteiger partial charge in [-0.15, -0.1) is 11.3 Å². The van der Waals surface area contributed by atoms with Gasteiger partial charge in [-0.25, -0.2) is 4.98 Å². The van der Waals surface area contributed by atoms with Gasteiger partial charge in [0.25, 0.3) is 5.91 Å². The predicted octanol–water partition coefficient (Wildman–Crippen LogP) is 5.23. The van der Waals surface area contributed by atoms with Gasteiger partial charge in [0.15, 0.2) is 0 Å². The number of fused-ring (bicyclic) bond motifs is 1. The molecular weight excluding hydrogens is 468 g/mol. The van der Waals surface area contributed by atoms with Crippen LogP contribution in [0, 0.1) is 13.8 Å². The van der Waals surface area contributed by atoms with Crippen LogP contribution in [0.5, 0.6) is 0 Å². The molecule has 0 aliphatic carbocycles. The van der Waals surface area contributed by atoms with Crippen molar-refractivity contribution < 1.29 is 14.4 Å². The van der Waals surface area contributed by atoms with E-state index in [-0.39, 0.29) is 5.91 Å². The fourth-order valence-corrected chi connectivity index (χ4v) is 5.84. The van der Waals surface area contributed by atoms with Crippen molar-refractivity contribution in [3.63, 3.8) is 0 Å². The quantitative estimate of drug-likeness (QED) is 0.355. The summed E-state index contributed by atoms with van der Waals surface area (Å²) in [6.45, 7) is 4.80. The van der Waals surface area contributed by atoms with Crippen LogP contribution in [0.2, 0.25) is 0 Å². The van der Waals surface area contributed by atoms with Crippen molar-refractivity contribution in [3.8, 4) is 0 Å². The number of anilines is 1. The van der Waals surface area contributed by atoms with Crippen LogP contribution in [-0.4, -0.2) is 44.7 Å². The van der Waals surface area contributed by atoms with Crippen LogP contribution in [0.3, 0.4) is 0 Å². The third-order valence-corrected chi connectivity index (χ3v) is 8.08. The number of aryl methyl sites for hydroxylation is 2. The Bertz CT molecular complexity index is 1290. The molecule has 2 aromatic heterocycles. The Balaban J connectivity index is 1.17. The molecule has 0 bridgehead atoms. The van der Waals surface area contributed by atoms with E-state index in [1.165, 1.54) is 11.9 Å². The summed E-state index contributed by atoms with van der Waals surface area (Å²) >= 11 is 3.14. The molecule has 2 aromatic carbocycles. The Hall–Kier alpha value is -2.88. The monoisotopic (exact) mass is 494 g/mol. The molecule has 1 fully saturated rings. The Morgan fingerprint density at radius 2 is 1.97 bits per heavy atom. The minimum absolute atomic E-state index is 0.00849. The number of aromatic nitrogens is 2. The minimum Gasteiger partial charge on any atom is -0.389 e. The lowest BCUT2D eigenvalue weighted by Gasteiger charge is -2.38. The highest BCUT2D eigenvalue weighted by Crippen LogP contribution is 2.31. The molecular formula is C25H26N4O3S2. The van der Waals surface area contributed by atoms with Crippen molar-refractivity contribution in [2.45, 2.75) is 43.6 Å². The number of nitrogens with one attached hydrogen (secondary N) is 1. The number of piperidine rings is 1. The third-order valence-electron chi connectivity index (χ3n) is 6.40. The molecule has 0 radical (unpaired) electrons. The summed E-state index contributed by atoms with van der Waals surface area (Å²) in [5.41, 5.74) is 5.36. The molecule has 176 valence electrons. The number of hydrogen-bond acceptors (Lipinski definition) is 8. The molecule has 7 nitrogen and oxygen atoms in total. The van der Waals surface area contributed by atoms with Crippen molar-refractivity contribution in [3.05, 3.63) is 70.6 Å². The molecule has 0 atom stereocenters. The van der Waals surface area contributed by atoms with Gasteiger partial charge in [0, 0.05) is 36.3 Å². The number of aliphatic hydroxyl groups is 1. The first-order chi connectivity index (χ1) is 16.4. The van der Waals surface area contributed by atoms with Crippen molar-refractivity contribution in [1.82, 2.24) is 15.0 Å². The van der Waals surface area contributed by atoms with Crippen molar-refractivity contribution in [2.75, 3.05) is 17.8 Å². The predicted molar refractivity (Wildman–Crippen MR) is 135 cm³/mol. The first-order valence-electron chi connectivity index (χ1n) is 11.2. The highest BCUT2D eigenvalue weighted by Gasteiger charge is 2.35. The van der Waals surface area contributed by atoms with E-state index in [0.29, 0.717) is 37.9 Å². The average Bonchev–Trinajstić information content (AvgIpc) is 3.45. The summed E-state index contributed by atoms with van der Waals surface area (Å²) in [5.74, 6) is 0.741. The number of hydrogen-bond donors (Lipinski definition) is 2. The van der Waals surface area contributed by atoms with Gasteiger partial charge in [0.1, 0.15) is 5.76 Å². The topological polar surface area (TPSA) is 91.5 Å². The van der Waals surface area contributed by atoms with Gasteiger partial charge in [0.05, 0.1) is 31.9 Å². The molecule has 9 heteroatoms. The number of likely N-dealkylation sites (tertiary alicyclic amines) is 1. The maximum atomic E-state index is 13.0. The van der Waals surface area contributed by atoms with Crippen LogP contribution in [0.15, 0.2) is 57.4 Å². The SMILES string of the molecule is Cc1noc(C)c1CC1(O)CCN(C(=O)c2ccc(NSc3cccc4scnc34)cc2)CC1. The molecule has 5 rings (SSSR count). The zero-order valence-corrected chi connectivity index (χ0v) is 20.7. The van der Waals surface area contributed by atoms with Gasteiger partial charge in [-0.1, -0.05) is 11.2 Å². The summed E-state index contributed by atoms with van der Waals surface area (Å²) < 4.78 is 9.73. The van der Waals surface area contributed by atoms with Crippen LogP contribution in [0.4, 0.5) is 5.69 Å². The number of benzene rings is 2. The Morgan fingerprint density at radius 3 is 2.68 bits per heavy atom. The molecule has 1 amide bonds. The van der Waals surface area contributed by atoms with E-state index in [0.717, 1.165) is 37.8 Å². The summed E-state index contributed by atoms with van der Waals surface area (Å²) in [4.78, 5) is 20.4. The van der Waals surface area contributed by atoms with Crippen LogP contribution in [0.1, 0.15) is 40.2 Å². The molecule has 1 aliphatic heterocycles. The first kappa shape index (κ1) is 22.9. The molecule has 4 aromatic rings. The molecule has 1 aliphatic rings. The number of thiazole rings is 1. The number of para-hydroxylation sites is 1. The standard InChI is InChI=1S/C25H26N4O3S2/c1-16-20(17(2)32-27-16)14-25(31)10-12-29(13-11-25)24(30)18-6-8-19(9-7-18)28-34-22-5-3-4-21-23(22)26-15-33-21/h3-9,15,28,31H,10-14H2,1-2H3. The van der Waals surface area contributed by atoms with Gasteiger partial charge in [0.2, 0.25) is 0 Å². The van der Waals surface area contributed by atoms with Crippen LogP contribution in [-0.2, 0) is 6.42 Å². The number of amides is 1. The molecule has 0 saturated carbocycles. The lowest BCUT2D eigenvalue weighted by Crippen LogP contribution is -2.47. The summed E-state index contributed by atoms with van der Waals surface area (Å²) in [7, 11) is 0. The van der Waals surface area contributed by atoms with E-state index < -0.39 is 5.60 Å². The van der Waals surface area contributed by atoms with Gasteiger partial charge >= 0.3 is 0 Å². The molecule has 0 unspecified atom stereocenters. The van der Waals surface area contributed by atoms with E-state index in [1.807, 2.05) is 60.7 Å². The maximum Gasteiger partial charge on any atom is 0.253 e. The van der Waals surface area contributed by atoms with Crippen molar-refractivity contribution in [2.24, 2.45) is 0 Å². The third kappa shape index (κ3) is 4.68. The second kappa shape index (κ2) is 9.40. The highest BCUT2D eigenvalue weighted by atomic mass is 32.2. The fraction of sp³-hybridized carbons (Fsp3) is 0.320. The van der Waals surface area contributed by atoms with Crippen LogP contribution >= 0.6 is 23.3 Å². The van der Waals surface area contributed by atoms with E-state index >= 15 is 0 Å². The summed E-state index contributed by atoms with van der Waals surface area (Å²) in [6.07, 6.45) is 1.56. The second-order valence-corrected chi connectivity index (χ2v) is 10.5. The molecule has 2 N–H and O–H groups in total. The number of rotatable bonds is 6. The van der Waals surface area contributed by atoms with E-state index in [9.17, 15) is 9.90 Å². The van der Waals surface area contributed by atoms with Gasteiger partial charge in [-0.3, -0.25) is 4.79 Å². The molecule has 3 heterocycles. The van der Waals surface area contributed by atoms with E-state index in [1.54, 1.807) is 11.3 Å². The zero-order chi connectivity index (χ0) is 23.7. The Morgan fingerprint density at radius 1 is 1.21 bits per heavy atom. The smallest absolute Gasteiger partial charge is 0.253 e. The first-order valence-corrected chi connectivity index (χ1v) is 12.9. The zero-order valence-electron chi connectivity index (χ0n) is 19.1. The summed E-state index contributed by atoms with van der Waals surface area (Å²) in [6, 6.07) is 13.7. The lowest BCUT2D eigenvalue weighted by atomic mass is 9.84. The van der Waals surface area contributed by atoms with Gasteiger partial charge in [-0.05, 0) is 75.0 Å². The van der Waals surface area contributed by atoms with Crippen molar-refractivity contribution in [1.29, 1.82) is 0 Å². The Kier molecular flexibility index (Phi) is 6.33. The average molecular weight is 495 g/mol. The largest absolute Gasteiger partial charge is 0.389 e. The normalized spacial score (nSPS) is 15.6. The fourth-order valence-electron chi connectivity index (χ4n) is 4.31. The maximum absolute atomic E-state index is 13.0. The van der Waals surface area contributed by atoms with Crippen LogP contribution < -0.4 is 4.72 Å². The molecule has 34 heavy (non-hydrogen) atoms. The molecule has 1 saturated heterocycles. The van der Waals surface area contributed by atoms with Crippen molar-refractivity contribution >= 4 is 45.1 Å². The van der Waals surface area contributed by atoms with Crippen LogP contribution in [0.25, 0.3) is 10.2 Å². The number of carbonyl (C=O) groups excluding carboxylic acids is 1. The summed E-state index contributed by atoms with van der Waals surface area (Å²) in [5, 5.41) is 15.1. The lowest BCUT2D eigenvalue weighted by molar-refractivity contribution is -0.0165. The van der Waals surface area contributed by atoms with Gasteiger partial charge in [-0.2, -0.15) is 0 Å². The second-order valence-electron chi connectivity index (χ2n) is 8.73. The molecule has 0 spiro atoms. The van der Waals surface area contributed by atoms with E-state index in [4.69, 9.17) is 4.52 Å². The van der Waals surface area contributed by atoms with E-state index in [2.05, 4.69) is 20.9 Å². The number of nitrogens with zero attached hydrogens (tertiary/aromatic N) is 3. The minimum atomic E-state index is -0.844. The highest BCUT2D eigenvalue weighted by molar-refractivity contribution is 8.00. The Labute approximate surface area is 206 Å².